The van der Waals surface area contributed by atoms with Gasteiger partial charge in [-0.2, -0.15) is 0 Å². The van der Waals surface area contributed by atoms with Crippen LogP contribution in [0.15, 0.2) is 23.2 Å². The number of nitrogen functional groups attached to an aromatic ring is 1. The van der Waals surface area contributed by atoms with Crippen molar-refractivity contribution in [2.75, 3.05) is 18.9 Å². The summed E-state index contributed by atoms with van der Waals surface area (Å²) in [6.07, 6.45) is 0. The summed E-state index contributed by atoms with van der Waals surface area (Å²) in [4.78, 5) is 4.48. The van der Waals surface area contributed by atoms with Crippen LogP contribution in [0.25, 0.3) is 0 Å². The summed E-state index contributed by atoms with van der Waals surface area (Å²) in [6.45, 7) is 1.99. The van der Waals surface area contributed by atoms with Gasteiger partial charge in [0.1, 0.15) is 12.6 Å². The van der Waals surface area contributed by atoms with E-state index in [9.17, 15) is 0 Å². The first-order valence-corrected chi connectivity index (χ1v) is 5.00. The van der Waals surface area contributed by atoms with Gasteiger partial charge in [-0.15, -0.1) is 0 Å². The van der Waals surface area contributed by atoms with Gasteiger partial charge in [-0.05, 0) is 18.2 Å². The predicted molar refractivity (Wildman–Crippen MR) is 56.8 cm³/mol. The highest BCUT2D eigenvalue weighted by molar-refractivity contribution is 5.98. The molecule has 78 valence electrons. The van der Waals surface area contributed by atoms with Crippen LogP contribution in [0, 0.1) is 0 Å². The largest absolute Gasteiger partial charge is 0.473 e. The van der Waals surface area contributed by atoms with Crippen LogP contribution in [-0.2, 0) is 16.1 Å². The third kappa shape index (κ3) is 1.47. The van der Waals surface area contributed by atoms with Gasteiger partial charge in [-0.25, -0.2) is 4.99 Å². The van der Waals surface area contributed by atoms with Gasteiger partial charge in [0.05, 0.1) is 13.2 Å². The molecule has 1 saturated heterocycles. The van der Waals surface area contributed by atoms with Gasteiger partial charge in [-0.1, -0.05) is 0 Å². The van der Waals surface area contributed by atoms with Gasteiger partial charge in [-0.3, -0.25) is 0 Å². The molecule has 0 atom stereocenters. The maximum absolute atomic E-state index is 5.70. The van der Waals surface area contributed by atoms with E-state index >= 15 is 0 Å². The lowest BCUT2D eigenvalue weighted by molar-refractivity contribution is 0.0123. The van der Waals surface area contributed by atoms with E-state index in [4.69, 9.17) is 15.2 Å². The molecule has 4 heteroatoms. The number of rotatable bonds is 1. The minimum atomic E-state index is 0.267. The molecule has 1 aromatic rings. The fraction of sp³-hybridized carbons (Fsp3) is 0.364. The van der Waals surface area contributed by atoms with E-state index in [1.165, 1.54) is 0 Å². The molecule has 0 bridgehead atoms. The first-order chi connectivity index (χ1) is 7.33. The van der Waals surface area contributed by atoms with E-state index in [1.807, 2.05) is 18.2 Å². The summed E-state index contributed by atoms with van der Waals surface area (Å²) in [5, 5.41) is 0. The average molecular weight is 204 g/mol. The van der Waals surface area contributed by atoms with Crippen LogP contribution in [0.4, 0.5) is 5.69 Å². The van der Waals surface area contributed by atoms with Gasteiger partial charge in [0.2, 0.25) is 5.90 Å². The molecule has 1 aromatic carbocycles. The van der Waals surface area contributed by atoms with E-state index in [0.29, 0.717) is 19.8 Å². The highest BCUT2D eigenvalue weighted by atomic mass is 16.5. The normalized spacial score (nSPS) is 22.3. The van der Waals surface area contributed by atoms with Crippen LogP contribution in [0.5, 0.6) is 0 Å². The van der Waals surface area contributed by atoms with Crippen molar-refractivity contribution in [1.29, 1.82) is 0 Å². The zero-order chi connectivity index (χ0) is 10.3. The summed E-state index contributed by atoms with van der Waals surface area (Å²) in [7, 11) is 0. The van der Waals surface area contributed by atoms with E-state index in [1.54, 1.807) is 0 Å². The van der Waals surface area contributed by atoms with Gasteiger partial charge in [0.25, 0.3) is 0 Å². The third-order valence-corrected chi connectivity index (χ3v) is 2.64. The Balaban J connectivity index is 1.93. The van der Waals surface area contributed by atoms with E-state index < -0.39 is 0 Å². The number of benzene rings is 1. The summed E-state index contributed by atoms with van der Waals surface area (Å²) < 4.78 is 10.6. The number of fused-ring (bicyclic) bond motifs is 1. The maximum Gasteiger partial charge on any atom is 0.217 e. The van der Waals surface area contributed by atoms with Crippen molar-refractivity contribution >= 4 is 11.6 Å². The van der Waals surface area contributed by atoms with Crippen LogP contribution < -0.4 is 5.73 Å². The molecule has 2 N–H and O–H groups in total. The zero-order valence-electron chi connectivity index (χ0n) is 8.27. The van der Waals surface area contributed by atoms with Crippen molar-refractivity contribution in [3.63, 3.8) is 0 Å². The monoisotopic (exact) mass is 204 g/mol. The minimum Gasteiger partial charge on any atom is -0.473 e. The summed E-state index contributed by atoms with van der Waals surface area (Å²) in [5.74, 6) is 0.735. The predicted octanol–water partition coefficient (Wildman–Crippen LogP) is 0.944. The summed E-state index contributed by atoms with van der Waals surface area (Å²) in [6, 6.07) is 6.05. The van der Waals surface area contributed by atoms with Crippen molar-refractivity contribution in [2.45, 2.75) is 12.6 Å². The van der Waals surface area contributed by atoms with E-state index in [2.05, 4.69) is 4.99 Å². The smallest absolute Gasteiger partial charge is 0.217 e. The zero-order valence-corrected chi connectivity index (χ0v) is 8.27. The van der Waals surface area contributed by atoms with E-state index in [0.717, 1.165) is 22.7 Å². The van der Waals surface area contributed by atoms with Crippen LogP contribution in [0.3, 0.4) is 0 Å². The Morgan fingerprint density at radius 1 is 1.33 bits per heavy atom. The molecular weight excluding hydrogens is 192 g/mol. The Morgan fingerprint density at radius 3 is 2.93 bits per heavy atom. The molecule has 0 amide bonds. The van der Waals surface area contributed by atoms with Crippen molar-refractivity contribution in [2.24, 2.45) is 4.99 Å². The fourth-order valence-electron chi connectivity index (χ4n) is 1.74. The average Bonchev–Trinajstić information content (AvgIpc) is 2.54. The Bertz CT molecular complexity index is 425. The quantitative estimate of drug-likeness (QED) is 0.693. The Hall–Kier alpha value is -1.55. The lowest BCUT2D eigenvalue weighted by Gasteiger charge is -2.22. The van der Waals surface area contributed by atoms with Crippen LogP contribution >= 0.6 is 0 Å². The number of aliphatic imine (C=N–C) groups is 1. The molecule has 0 aliphatic carbocycles. The third-order valence-electron chi connectivity index (χ3n) is 2.64. The van der Waals surface area contributed by atoms with Gasteiger partial charge in [0, 0.05) is 16.8 Å². The molecule has 0 saturated carbocycles. The molecule has 0 aromatic heterocycles. The first kappa shape index (κ1) is 8.73. The van der Waals surface area contributed by atoms with Gasteiger partial charge >= 0.3 is 0 Å². The van der Waals surface area contributed by atoms with E-state index in [-0.39, 0.29) is 6.04 Å². The molecule has 2 heterocycles. The molecule has 1 fully saturated rings. The first-order valence-electron chi connectivity index (χ1n) is 5.00. The minimum absolute atomic E-state index is 0.267. The lowest BCUT2D eigenvalue weighted by Crippen LogP contribution is -2.32. The number of hydrogen-bond acceptors (Lipinski definition) is 4. The SMILES string of the molecule is Nc1ccc2c(c1)COC2=NC1COC1. The van der Waals surface area contributed by atoms with Crippen LogP contribution in [0.1, 0.15) is 11.1 Å². The molecule has 0 unspecified atom stereocenters. The fourth-order valence-corrected chi connectivity index (χ4v) is 1.74. The second kappa shape index (κ2) is 3.24. The topological polar surface area (TPSA) is 56.8 Å². The van der Waals surface area contributed by atoms with Gasteiger partial charge in [0.15, 0.2) is 0 Å². The van der Waals surface area contributed by atoms with Crippen molar-refractivity contribution in [1.82, 2.24) is 0 Å². The molecule has 3 rings (SSSR count). The number of nitrogens with two attached hydrogens (primary N) is 1. The number of anilines is 1. The molecule has 15 heavy (non-hydrogen) atoms. The van der Waals surface area contributed by atoms with Crippen molar-refractivity contribution < 1.29 is 9.47 Å². The van der Waals surface area contributed by atoms with Crippen LogP contribution in [-0.4, -0.2) is 25.2 Å². The Morgan fingerprint density at radius 2 is 2.20 bits per heavy atom. The van der Waals surface area contributed by atoms with Crippen molar-refractivity contribution in [3.8, 4) is 0 Å². The molecule has 0 radical (unpaired) electrons. The highest BCUT2D eigenvalue weighted by Gasteiger charge is 2.23. The van der Waals surface area contributed by atoms with Crippen LogP contribution in [0.2, 0.25) is 0 Å². The Kier molecular flexibility index (Phi) is 1.89. The van der Waals surface area contributed by atoms with Gasteiger partial charge < -0.3 is 15.2 Å². The number of ether oxygens (including phenoxy) is 2. The lowest BCUT2D eigenvalue weighted by atomic mass is 10.1. The second-order valence-corrected chi connectivity index (χ2v) is 3.83. The molecule has 0 spiro atoms. The molecule has 4 nitrogen and oxygen atoms in total. The molecule has 2 aliphatic rings. The summed E-state index contributed by atoms with van der Waals surface area (Å²) in [5.41, 5.74) is 8.65. The van der Waals surface area contributed by atoms with Crippen molar-refractivity contribution in [3.05, 3.63) is 29.3 Å². The molecular formula is C11H12N2O2. The standard InChI is InChI=1S/C11H12N2O2/c12-8-1-2-10-7(3-8)4-15-11(10)13-9-5-14-6-9/h1-3,9H,4-6,12H2. The Labute approximate surface area is 87.7 Å². The maximum atomic E-state index is 5.70. The highest BCUT2D eigenvalue weighted by Crippen LogP contribution is 2.23. The summed E-state index contributed by atoms with van der Waals surface area (Å²) >= 11 is 0. The number of hydrogen-bond donors (Lipinski definition) is 1. The number of nitrogens with zero attached hydrogens (tertiary/aromatic N) is 1. The second-order valence-electron chi connectivity index (χ2n) is 3.83. The molecule has 2 aliphatic heterocycles.